The molecule has 7 rings (SSSR count). The van der Waals surface area contributed by atoms with Crippen molar-refractivity contribution in [3.8, 4) is 11.8 Å². The molecule has 13 nitrogen and oxygen atoms in total. The van der Waals surface area contributed by atoms with Gasteiger partial charge in [-0.15, -0.1) is 0 Å². The fraction of sp³-hybridized carbons (Fsp3) is 0.804. The quantitative estimate of drug-likeness (QED) is 0.0515. The number of nitrogens with zero attached hydrogens (tertiary/aromatic N) is 3. The van der Waals surface area contributed by atoms with Crippen LogP contribution < -0.4 is 16.6 Å². The topological polar surface area (TPSA) is 138 Å². The minimum Gasteiger partial charge on any atom is -0.446 e. The molecular weight excluding hydrogens is 842 g/mol. The van der Waals surface area contributed by atoms with Crippen LogP contribution in [-0.2, 0) is 23.3 Å². The van der Waals surface area contributed by atoms with Crippen LogP contribution in [0.2, 0.25) is 0 Å². The summed E-state index contributed by atoms with van der Waals surface area (Å²) in [5.74, 6) is 10.4. The van der Waals surface area contributed by atoms with Gasteiger partial charge in [0.2, 0.25) is 6.54 Å². The number of alkyl carbamates (subject to hydrolysis) is 1. The van der Waals surface area contributed by atoms with Crippen molar-refractivity contribution >= 4 is 14.6 Å². The van der Waals surface area contributed by atoms with Crippen molar-refractivity contribution in [2.45, 2.75) is 189 Å². The Labute approximate surface area is 389 Å². The number of H-pyrrole nitrogens is 1. The van der Waals surface area contributed by atoms with Gasteiger partial charge in [-0.3, -0.25) is 14.3 Å². The van der Waals surface area contributed by atoms with Crippen molar-refractivity contribution in [2.75, 3.05) is 26.3 Å². The zero-order valence-corrected chi connectivity index (χ0v) is 41.8. The number of allylic oxidation sites excluding steroid dienone is 1. The van der Waals surface area contributed by atoms with Gasteiger partial charge in [0, 0.05) is 24.7 Å². The maximum Gasteiger partial charge on any atom is 0.408 e. The summed E-state index contributed by atoms with van der Waals surface area (Å²) >= 11 is 0. The number of hydrogen-bond donors (Lipinski definition) is 2. The molecule has 2 saturated heterocycles. The molecule has 65 heavy (non-hydrogen) atoms. The Morgan fingerprint density at radius 2 is 1.85 bits per heavy atom. The van der Waals surface area contributed by atoms with E-state index < -0.39 is 49.9 Å². The normalized spacial score (nSPS) is 34.6. The highest BCUT2D eigenvalue weighted by Crippen LogP contribution is 2.67. The molecule has 1 aromatic heterocycles. The number of ether oxygens (including phenoxy) is 3. The second kappa shape index (κ2) is 20.7. The first kappa shape index (κ1) is 49.9. The summed E-state index contributed by atoms with van der Waals surface area (Å²) in [5, 5.41) is 2.76. The molecule has 5 fully saturated rings. The molecule has 0 aromatic carbocycles. The second-order valence-corrected chi connectivity index (χ2v) is 23.1. The largest absolute Gasteiger partial charge is 0.446 e. The van der Waals surface area contributed by atoms with Gasteiger partial charge >= 0.3 is 11.8 Å². The highest BCUT2D eigenvalue weighted by molar-refractivity contribution is 7.44. The zero-order chi connectivity index (χ0) is 46.8. The highest BCUT2D eigenvalue weighted by Gasteiger charge is 2.64. The van der Waals surface area contributed by atoms with Gasteiger partial charge in [0.25, 0.3) is 14.1 Å². The molecule has 0 radical (unpaired) electrons. The van der Waals surface area contributed by atoms with E-state index in [0.717, 1.165) is 55.3 Å². The summed E-state index contributed by atoms with van der Waals surface area (Å²) in [7, 11) is -1.61. The number of nitrogens with one attached hydrogen (secondary N) is 2. The molecule has 13 atom stereocenters. The molecule has 14 heteroatoms. The van der Waals surface area contributed by atoms with E-state index >= 15 is 0 Å². The number of rotatable bonds is 17. The molecule has 2 bridgehead atoms. The van der Waals surface area contributed by atoms with E-state index in [1.165, 1.54) is 61.3 Å². The average Bonchev–Trinajstić information content (AvgIpc) is 3.89. The summed E-state index contributed by atoms with van der Waals surface area (Å²) in [6.07, 6.45) is 14.9. The van der Waals surface area contributed by atoms with Crippen LogP contribution in [0.25, 0.3) is 4.85 Å². The summed E-state index contributed by atoms with van der Waals surface area (Å²) in [6, 6.07) is 0.196. The van der Waals surface area contributed by atoms with Gasteiger partial charge in [0.05, 0.1) is 13.2 Å². The van der Waals surface area contributed by atoms with E-state index in [4.69, 9.17) is 29.8 Å². The van der Waals surface area contributed by atoms with Crippen molar-refractivity contribution in [1.82, 2.24) is 19.5 Å². The number of aromatic nitrogens is 2. The second-order valence-electron chi connectivity index (χ2n) is 21.7. The van der Waals surface area contributed by atoms with Gasteiger partial charge in [0.15, 0.2) is 6.23 Å². The summed E-state index contributed by atoms with van der Waals surface area (Å²) < 4.78 is 35.3. The molecule has 1 aromatic rings. The Balaban J connectivity index is 0.949. The van der Waals surface area contributed by atoms with E-state index in [1.54, 1.807) is 0 Å². The standard InChI is InChI=1S/C51H78N5O8P/c1-12-51-31-60-43(44(51)64-65(61-28-27-52-11)56(33(4)5)34(6)7)46(63-51)55-30-36(45(57)54-47(55)58)17-14-26-53-48(59)62-38-22-24-49(9)37(29-38)18-19-39-41-21-20-40(35(8)16-13-15-32(2)3)50(41,10)25-23-42(39)49/h18,30,32-35,38-44,46H,12-13,15-16,19-29,31H2,1-10H3,(H,53,59)(H,54,57,58)/t35?,38-,39+,40+,41-,42-,43+,44?,46+,49-,50+,51+,65?/m0/s1. The van der Waals surface area contributed by atoms with Crippen molar-refractivity contribution in [3.05, 3.63) is 55.7 Å². The smallest absolute Gasteiger partial charge is 0.408 e. The molecule has 3 saturated carbocycles. The van der Waals surface area contributed by atoms with Crippen molar-refractivity contribution < 1.29 is 28.1 Å². The zero-order valence-electron chi connectivity index (χ0n) is 41.0. The molecule has 4 aliphatic carbocycles. The third-order valence-corrected chi connectivity index (χ3v) is 18.9. The molecule has 0 spiro atoms. The average molecular weight is 920 g/mol. The number of fused-ring (bicyclic) bond motifs is 7. The van der Waals surface area contributed by atoms with Gasteiger partial charge in [-0.1, -0.05) is 84.3 Å². The van der Waals surface area contributed by atoms with Crippen LogP contribution in [0, 0.1) is 64.8 Å². The number of carbonyl (C=O) groups excluding carboxylic acids is 1. The Hall–Kier alpha value is -3.03. The van der Waals surface area contributed by atoms with E-state index in [2.05, 4.69) is 100 Å². The Morgan fingerprint density at radius 1 is 1.08 bits per heavy atom. The van der Waals surface area contributed by atoms with Crippen molar-refractivity contribution in [3.63, 3.8) is 0 Å². The van der Waals surface area contributed by atoms with Gasteiger partial charge in [-0.2, -0.15) is 0 Å². The lowest BCUT2D eigenvalue weighted by molar-refractivity contribution is -0.175. The van der Waals surface area contributed by atoms with Crippen molar-refractivity contribution in [2.24, 2.45) is 46.3 Å². The van der Waals surface area contributed by atoms with Gasteiger partial charge in [-0.25, -0.2) is 20.8 Å². The molecule has 2 N–H and O–H groups in total. The van der Waals surface area contributed by atoms with Crippen LogP contribution in [0.1, 0.15) is 158 Å². The van der Waals surface area contributed by atoms with E-state index in [9.17, 15) is 14.4 Å². The molecule has 6 aliphatic rings. The Morgan fingerprint density at radius 3 is 2.55 bits per heavy atom. The van der Waals surface area contributed by atoms with Crippen LogP contribution in [-0.4, -0.2) is 82.6 Å². The lowest BCUT2D eigenvalue weighted by Crippen LogP contribution is -2.51. The fourth-order valence-electron chi connectivity index (χ4n) is 13.5. The molecule has 1 amide bonds. The summed E-state index contributed by atoms with van der Waals surface area (Å²) in [5.41, 5.74) is -0.0172. The van der Waals surface area contributed by atoms with E-state index in [1.807, 2.05) is 6.92 Å². The first-order chi connectivity index (χ1) is 31.0. The van der Waals surface area contributed by atoms with Crippen LogP contribution in [0.15, 0.2) is 27.4 Å². The number of aromatic amines is 1. The number of amides is 1. The van der Waals surface area contributed by atoms with E-state index in [0.29, 0.717) is 17.8 Å². The lowest BCUT2D eigenvalue weighted by atomic mass is 9.47. The third kappa shape index (κ3) is 10.1. The lowest BCUT2D eigenvalue weighted by Gasteiger charge is -2.58. The summed E-state index contributed by atoms with van der Waals surface area (Å²) in [6.45, 7) is 30.6. The molecule has 360 valence electrons. The van der Waals surface area contributed by atoms with Crippen LogP contribution in [0.5, 0.6) is 0 Å². The summed E-state index contributed by atoms with van der Waals surface area (Å²) in [4.78, 5) is 45.2. The Bertz CT molecular complexity index is 2100. The van der Waals surface area contributed by atoms with Crippen molar-refractivity contribution in [1.29, 1.82) is 0 Å². The minimum atomic E-state index is -1.61. The first-order valence-corrected chi connectivity index (χ1v) is 26.1. The van der Waals surface area contributed by atoms with Gasteiger partial charge in [0.1, 0.15) is 36.1 Å². The fourth-order valence-corrected chi connectivity index (χ4v) is 15.3. The minimum absolute atomic E-state index is 0.0362. The molecule has 3 unspecified atom stereocenters. The molecule has 2 aliphatic heterocycles. The maximum absolute atomic E-state index is 13.3. The third-order valence-electron chi connectivity index (χ3n) is 16.7. The number of carbonyl (C=O) groups is 1. The predicted molar refractivity (Wildman–Crippen MR) is 254 cm³/mol. The predicted octanol–water partition coefficient (Wildman–Crippen LogP) is 9.77. The van der Waals surface area contributed by atoms with Crippen LogP contribution in [0.4, 0.5) is 4.79 Å². The maximum atomic E-state index is 13.3. The SMILES string of the molecule is [C-]#[N+]CCOP(OC1[C@H]2OC[C@@]1(CC)O[C@H]2n1cc(C#CCNC(=O)O[C@H]2CC[C@@]3(C)C(=CC[C@@H]4[C@@H]5CC[C@H](C(C)CCCC(C)C)[C@@]5(C)CC[C@@H]43)C2)c(=O)[nH]c1=O)N(C(C)C)C(C)C. The Kier molecular flexibility index (Phi) is 15.9. The van der Waals surface area contributed by atoms with Gasteiger partial charge in [-0.05, 0) is 125 Å². The number of hydrogen-bond acceptors (Lipinski definition) is 9. The monoisotopic (exact) mass is 920 g/mol. The highest BCUT2D eigenvalue weighted by atomic mass is 31.2. The molecule has 3 heterocycles. The van der Waals surface area contributed by atoms with Gasteiger partial charge < -0.3 is 33.4 Å². The first-order valence-electron chi connectivity index (χ1n) is 24.9. The van der Waals surface area contributed by atoms with Crippen LogP contribution >= 0.6 is 8.53 Å². The molecular formula is C51H78N5O8P. The van der Waals surface area contributed by atoms with E-state index in [-0.39, 0.29) is 55.5 Å². The van der Waals surface area contributed by atoms with Crippen LogP contribution in [0.3, 0.4) is 0 Å².